The number of nitro groups is 1. The Hall–Kier alpha value is -1.17. The van der Waals surface area contributed by atoms with E-state index in [-0.39, 0.29) is 18.1 Å². The molecule has 108 valence electrons. The molecule has 0 unspecified atom stereocenters. The number of benzene rings is 1. The first kappa shape index (κ1) is 17.8. The van der Waals surface area contributed by atoms with Crippen molar-refractivity contribution >= 4 is 18.1 Å². The molecular weight excluding hydrogens is 268 g/mol. The summed E-state index contributed by atoms with van der Waals surface area (Å²) < 4.78 is 0. The Morgan fingerprint density at radius 2 is 1.79 bits per heavy atom. The average molecular weight is 289 g/mol. The largest absolute Gasteiger partial charge is 0.391 e. The zero-order valence-corrected chi connectivity index (χ0v) is 12.0. The Kier molecular flexibility index (Phi) is 7.59. The summed E-state index contributed by atoms with van der Waals surface area (Å²) in [5.41, 5.74) is 6.68. The van der Waals surface area contributed by atoms with E-state index in [0.717, 1.165) is 12.0 Å². The zero-order chi connectivity index (χ0) is 13.7. The molecule has 0 heterocycles. The molecule has 0 aromatic heterocycles. The van der Waals surface area contributed by atoms with Gasteiger partial charge in [-0.3, -0.25) is 10.1 Å². The van der Waals surface area contributed by atoms with Gasteiger partial charge in [-0.05, 0) is 24.3 Å². The molecule has 2 atom stereocenters. The van der Waals surface area contributed by atoms with Gasteiger partial charge in [0.25, 0.3) is 5.69 Å². The molecule has 0 spiro atoms. The lowest BCUT2D eigenvalue weighted by molar-refractivity contribution is -0.384. The number of hydrogen-bond donors (Lipinski definition) is 2. The Balaban J connectivity index is 0.00000324. The van der Waals surface area contributed by atoms with E-state index < -0.39 is 17.1 Å². The molecule has 3 N–H and O–H groups in total. The number of hydrogen-bond acceptors (Lipinski definition) is 4. The van der Waals surface area contributed by atoms with Crippen LogP contribution in [0, 0.1) is 16.0 Å². The standard InChI is InChI=1S/C13H20N2O3.ClH/c1-9(2)3-8-12(16)13(14)10-4-6-11(7-5-10)15(17)18;/h4-7,9,12-13,16H,3,8,14H2,1-2H3;1H/t12-,13+;/m0./s1. The van der Waals surface area contributed by atoms with Crippen LogP contribution in [0.15, 0.2) is 24.3 Å². The van der Waals surface area contributed by atoms with Crippen LogP contribution in [0.5, 0.6) is 0 Å². The van der Waals surface area contributed by atoms with Crippen LogP contribution < -0.4 is 5.73 Å². The molecule has 6 heteroatoms. The summed E-state index contributed by atoms with van der Waals surface area (Å²) in [6.07, 6.45) is 0.923. The molecule has 0 bridgehead atoms. The fraction of sp³-hybridized carbons (Fsp3) is 0.538. The molecule has 1 aromatic rings. The smallest absolute Gasteiger partial charge is 0.269 e. The van der Waals surface area contributed by atoms with E-state index in [2.05, 4.69) is 13.8 Å². The van der Waals surface area contributed by atoms with Gasteiger partial charge >= 0.3 is 0 Å². The molecule has 5 nitrogen and oxygen atoms in total. The molecule has 0 saturated carbocycles. The summed E-state index contributed by atoms with van der Waals surface area (Å²) in [6.45, 7) is 4.17. The van der Waals surface area contributed by atoms with Gasteiger partial charge in [0.2, 0.25) is 0 Å². The molecule has 0 saturated heterocycles. The third-order valence-corrected chi connectivity index (χ3v) is 2.94. The van der Waals surface area contributed by atoms with Gasteiger partial charge in [-0.25, -0.2) is 0 Å². The molecule has 0 fully saturated rings. The van der Waals surface area contributed by atoms with Crippen LogP contribution in [-0.4, -0.2) is 16.1 Å². The quantitative estimate of drug-likeness (QED) is 0.622. The summed E-state index contributed by atoms with van der Waals surface area (Å²) in [7, 11) is 0. The van der Waals surface area contributed by atoms with Crippen molar-refractivity contribution in [3.8, 4) is 0 Å². The van der Waals surface area contributed by atoms with Crippen molar-refractivity contribution < 1.29 is 10.0 Å². The lowest BCUT2D eigenvalue weighted by Gasteiger charge is -2.19. The maximum Gasteiger partial charge on any atom is 0.269 e. The molecule has 1 aromatic carbocycles. The second-order valence-corrected chi connectivity index (χ2v) is 4.91. The Morgan fingerprint density at radius 3 is 2.21 bits per heavy atom. The number of aliphatic hydroxyl groups excluding tert-OH is 1. The summed E-state index contributed by atoms with van der Waals surface area (Å²) >= 11 is 0. The van der Waals surface area contributed by atoms with Gasteiger partial charge in [0.05, 0.1) is 17.1 Å². The number of non-ortho nitro benzene ring substituents is 1. The molecule has 0 amide bonds. The highest BCUT2D eigenvalue weighted by atomic mass is 35.5. The molecular formula is C13H21ClN2O3. The van der Waals surface area contributed by atoms with Crippen LogP contribution >= 0.6 is 12.4 Å². The summed E-state index contributed by atoms with van der Waals surface area (Å²) in [6, 6.07) is 5.52. The molecule has 0 radical (unpaired) electrons. The second kappa shape index (κ2) is 8.09. The monoisotopic (exact) mass is 288 g/mol. The Bertz CT molecular complexity index is 395. The van der Waals surface area contributed by atoms with Crippen LogP contribution in [0.3, 0.4) is 0 Å². The van der Waals surface area contributed by atoms with Gasteiger partial charge in [0.1, 0.15) is 0 Å². The Morgan fingerprint density at radius 1 is 1.26 bits per heavy atom. The van der Waals surface area contributed by atoms with E-state index in [1.54, 1.807) is 12.1 Å². The predicted octanol–water partition coefficient (Wildman–Crippen LogP) is 2.81. The normalized spacial score (nSPS) is 13.7. The van der Waals surface area contributed by atoms with Crippen LogP contribution in [0.4, 0.5) is 5.69 Å². The number of halogens is 1. The second-order valence-electron chi connectivity index (χ2n) is 4.91. The molecule has 1 rings (SSSR count). The van der Waals surface area contributed by atoms with Gasteiger partial charge < -0.3 is 10.8 Å². The fourth-order valence-electron chi connectivity index (χ4n) is 1.72. The van der Waals surface area contributed by atoms with Crippen LogP contribution in [0.1, 0.15) is 38.3 Å². The van der Waals surface area contributed by atoms with Crippen molar-refractivity contribution in [3.05, 3.63) is 39.9 Å². The lowest BCUT2D eigenvalue weighted by atomic mass is 9.96. The lowest BCUT2D eigenvalue weighted by Crippen LogP contribution is -2.26. The fourth-order valence-corrected chi connectivity index (χ4v) is 1.72. The topological polar surface area (TPSA) is 89.4 Å². The van der Waals surface area contributed by atoms with Crippen molar-refractivity contribution in [2.75, 3.05) is 0 Å². The molecule has 0 aliphatic rings. The average Bonchev–Trinajstić information content (AvgIpc) is 2.35. The maximum absolute atomic E-state index is 10.5. The van der Waals surface area contributed by atoms with Gasteiger partial charge in [-0.1, -0.05) is 26.0 Å². The highest BCUT2D eigenvalue weighted by Gasteiger charge is 2.17. The SMILES string of the molecule is CC(C)CC[C@H](O)[C@H](N)c1ccc([N+](=O)[O-])cc1.Cl. The van der Waals surface area contributed by atoms with E-state index in [9.17, 15) is 15.2 Å². The minimum atomic E-state index is -0.617. The van der Waals surface area contributed by atoms with E-state index in [1.165, 1.54) is 12.1 Å². The Labute approximate surface area is 119 Å². The molecule has 0 aliphatic heterocycles. The van der Waals surface area contributed by atoms with Crippen molar-refractivity contribution in [3.63, 3.8) is 0 Å². The van der Waals surface area contributed by atoms with Crippen molar-refractivity contribution in [1.82, 2.24) is 0 Å². The number of nitrogens with two attached hydrogens (primary N) is 1. The first-order valence-corrected chi connectivity index (χ1v) is 6.09. The van der Waals surface area contributed by atoms with Gasteiger partial charge in [0.15, 0.2) is 0 Å². The zero-order valence-electron chi connectivity index (χ0n) is 11.2. The van der Waals surface area contributed by atoms with Crippen molar-refractivity contribution in [1.29, 1.82) is 0 Å². The molecule has 0 aliphatic carbocycles. The van der Waals surface area contributed by atoms with Crippen molar-refractivity contribution in [2.24, 2.45) is 11.7 Å². The highest BCUT2D eigenvalue weighted by Crippen LogP contribution is 2.21. The van der Waals surface area contributed by atoms with Crippen LogP contribution in [-0.2, 0) is 0 Å². The summed E-state index contributed by atoms with van der Waals surface area (Å²) in [5.74, 6) is 0.517. The van der Waals surface area contributed by atoms with E-state index >= 15 is 0 Å². The number of aliphatic hydroxyl groups is 1. The first-order valence-electron chi connectivity index (χ1n) is 6.09. The van der Waals surface area contributed by atoms with Crippen LogP contribution in [0.2, 0.25) is 0 Å². The summed E-state index contributed by atoms with van der Waals surface area (Å²) in [5, 5.41) is 20.5. The van der Waals surface area contributed by atoms with Gasteiger partial charge in [-0.2, -0.15) is 0 Å². The maximum atomic E-state index is 10.5. The highest BCUT2D eigenvalue weighted by molar-refractivity contribution is 5.85. The number of nitro benzene ring substituents is 1. The number of rotatable bonds is 6. The predicted molar refractivity (Wildman–Crippen MR) is 77.4 cm³/mol. The first-order chi connectivity index (χ1) is 8.41. The summed E-state index contributed by atoms with van der Waals surface area (Å²) in [4.78, 5) is 10.1. The van der Waals surface area contributed by atoms with Crippen molar-refractivity contribution in [2.45, 2.75) is 38.8 Å². The van der Waals surface area contributed by atoms with E-state index in [1.807, 2.05) is 0 Å². The van der Waals surface area contributed by atoms with E-state index in [4.69, 9.17) is 5.73 Å². The number of nitrogens with zero attached hydrogens (tertiary/aromatic N) is 1. The van der Waals surface area contributed by atoms with Gasteiger partial charge in [0, 0.05) is 12.1 Å². The minimum Gasteiger partial charge on any atom is -0.391 e. The molecule has 19 heavy (non-hydrogen) atoms. The third kappa shape index (κ3) is 5.55. The van der Waals surface area contributed by atoms with Crippen LogP contribution in [0.25, 0.3) is 0 Å². The van der Waals surface area contributed by atoms with E-state index in [0.29, 0.717) is 12.3 Å². The van der Waals surface area contributed by atoms with Gasteiger partial charge in [-0.15, -0.1) is 12.4 Å². The third-order valence-electron chi connectivity index (χ3n) is 2.94. The minimum absolute atomic E-state index is 0.